The molecule has 2 heterocycles. The minimum Gasteiger partial charge on any atom is -0.478 e. The molecule has 4 aromatic rings. The SMILES string of the molecule is Cn1cccc1C(=O)Nc1ccc(Nc2ccc(NC(O)c3ccc(N4CCC(O)CC4)cc3)cc2C(=O)O)cc1. The predicted octanol–water partition coefficient (Wildman–Crippen LogP) is 4.78. The number of nitrogens with one attached hydrogen (secondary N) is 3. The monoisotopic (exact) mass is 555 g/mol. The maximum Gasteiger partial charge on any atom is 0.337 e. The quantitative estimate of drug-likeness (QED) is 0.162. The number of hydrogen-bond acceptors (Lipinski definition) is 7. The molecule has 0 radical (unpaired) electrons. The molecule has 3 aromatic carbocycles. The zero-order chi connectivity index (χ0) is 28.9. The molecule has 212 valence electrons. The summed E-state index contributed by atoms with van der Waals surface area (Å²) < 4.78 is 1.73. The lowest BCUT2D eigenvalue weighted by Crippen LogP contribution is -2.35. The summed E-state index contributed by atoms with van der Waals surface area (Å²) in [4.78, 5) is 26.7. The molecule has 1 aliphatic heterocycles. The van der Waals surface area contributed by atoms with Gasteiger partial charge < -0.3 is 40.7 Å². The largest absolute Gasteiger partial charge is 0.478 e. The van der Waals surface area contributed by atoms with Crippen LogP contribution in [-0.4, -0.2) is 51.0 Å². The number of amides is 1. The number of aryl methyl sites for hydroxylation is 1. The number of carboxylic acids is 1. The first-order chi connectivity index (χ1) is 19.8. The van der Waals surface area contributed by atoms with Crippen molar-refractivity contribution < 1.29 is 24.9 Å². The van der Waals surface area contributed by atoms with Crippen LogP contribution in [0.25, 0.3) is 0 Å². The van der Waals surface area contributed by atoms with Gasteiger partial charge in [0.25, 0.3) is 5.91 Å². The van der Waals surface area contributed by atoms with Gasteiger partial charge in [-0.25, -0.2) is 4.79 Å². The second-order valence-corrected chi connectivity index (χ2v) is 10.1. The molecule has 0 aliphatic carbocycles. The van der Waals surface area contributed by atoms with E-state index in [1.807, 2.05) is 24.3 Å². The van der Waals surface area contributed by atoms with Crippen LogP contribution in [0.2, 0.25) is 0 Å². The first kappa shape index (κ1) is 27.8. The third-order valence-corrected chi connectivity index (χ3v) is 7.19. The molecule has 6 N–H and O–H groups in total. The fourth-order valence-electron chi connectivity index (χ4n) is 4.84. The van der Waals surface area contributed by atoms with E-state index in [0.29, 0.717) is 34.0 Å². The Morgan fingerprint density at radius 3 is 2.20 bits per heavy atom. The van der Waals surface area contributed by atoms with E-state index in [2.05, 4.69) is 20.9 Å². The standard InChI is InChI=1S/C31H33N5O5/c1-35-16-2-3-28(35)30(39)33-22-8-6-21(7-9-22)32-27-13-10-23(19-26(27)31(40)41)34-29(38)20-4-11-24(12-5-20)36-17-14-25(37)15-18-36/h2-13,16,19,25,29,32,34,37-38H,14-15,17-18H2,1H3,(H,33,39)(H,40,41). The molecule has 10 heteroatoms. The van der Waals surface area contributed by atoms with E-state index < -0.39 is 12.2 Å². The van der Waals surface area contributed by atoms with Crippen LogP contribution in [0, 0.1) is 0 Å². The second kappa shape index (κ2) is 12.2. The molecular formula is C31H33N5O5. The first-order valence-electron chi connectivity index (χ1n) is 13.4. The Hall–Kier alpha value is -4.80. The number of nitrogens with zero attached hydrogens (tertiary/aromatic N) is 2. The van der Waals surface area contributed by atoms with Gasteiger partial charge in [0.2, 0.25) is 0 Å². The maximum atomic E-state index is 12.4. The van der Waals surface area contributed by atoms with Crippen molar-refractivity contribution in [3.8, 4) is 0 Å². The van der Waals surface area contributed by atoms with Crippen LogP contribution in [0.4, 0.5) is 28.4 Å². The number of rotatable bonds is 9. The van der Waals surface area contributed by atoms with Crippen LogP contribution in [0.1, 0.15) is 45.5 Å². The minimum absolute atomic E-state index is 0.0333. The third kappa shape index (κ3) is 6.68. The number of anilines is 5. The van der Waals surface area contributed by atoms with Gasteiger partial charge in [0, 0.05) is 54.6 Å². The summed E-state index contributed by atoms with van der Waals surface area (Å²) in [6, 6.07) is 22.8. The lowest BCUT2D eigenvalue weighted by molar-refractivity contribution is 0.0697. The highest BCUT2D eigenvalue weighted by Gasteiger charge is 2.18. The number of aromatic nitrogens is 1. The summed E-state index contributed by atoms with van der Waals surface area (Å²) in [5.74, 6) is -1.34. The Balaban J connectivity index is 1.22. The van der Waals surface area contributed by atoms with Gasteiger partial charge in [0.05, 0.1) is 17.4 Å². The molecule has 0 spiro atoms. The van der Waals surface area contributed by atoms with E-state index in [9.17, 15) is 24.9 Å². The van der Waals surface area contributed by atoms with Crippen molar-refractivity contribution in [1.29, 1.82) is 0 Å². The Labute approximate surface area is 237 Å². The number of hydrogen-bond donors (Lipinski definition) is 6. The van der Waals surface area contributed by atoms with Gasteiger partial charge in [-0.3, -0.25) is 4.79 Å². The van der Waals surface area contributed by atoms with Gasteiger partial charge in [-0.15, -0.1) is 0 Å². The third-order valence-electron chi connectivity index (χ3n) is 7.19. The number of piperidine rings is 1. The molecular weight excluding hydrogens is 522 g/mol. The smallest absolute Gasteiger partial charge is 0.337 e. The van der Waals surface area contributed by atoms with Crippen LogP contribution in [0.15, 0.2) is 85.1 Å². The zero-order valence-corrected chi connectivity index (χ0v) is 22.6. The lowest BCUT2D eigenvalue weighted by Gasteiger charge is -2.31. The highest BCUT2D eigenvalue weighted by Crippen LogP contribution is 2.28. The summed E-state index contributed by atoms with van der Waals surface area (Å²) in [7, 11) is 1.80. The summed E-state index contributed by atoms with van der Waals surface area (Å²) in [6.45, 7) is 1.57. The summed E-state index contributed by atoms with van der Waals surface area (Å²) in [5.41, 5.74) is 4.33. The molecule has 0 bridgehead atoms. The van der Waals surface area contributed by atoms with Crippen molar-refractivity contribution in [2.75, 3.05) is 33.9 Å². The zero-order valence-electron chi connectivity index (χ0n) is 22.6. The Kier molecular flexibility index (Phi) is 8.23. The van der Waals surface area contributed by atoms with E-state index in [-0.39, 0.29) is 17.6 Å². The Morgan fingerprint density at radius 2 is 1.56 bits per heavy atom. The molecule has 5 rings (SSSR count). The van der Waals surface area contributed by atoms with E-state index in [0.717, 1.165) is 31.6 Å². The highest BCUT2D eigenvalue weighted by atomic mass is 16.4. The van der Waals surface area contributed by atoms with Crippen molar-refractivity contribution in [3.05, 3.63) is 102 Å². The van der Waals surface area contributed by atoms with Gasteiger partial charge in [-0.05, 0) is 79.6 Å². The fraction of sp³-hybridized carbons (Fsp3) is 0.226. The van der Waals surface area contributed by atoms with Gasteiger partial charge in [-0.2, -0.15) is 0 Å². The number of benzene rings is 3. The van der Waals surface area contributed by atoms with Gasteiger partial charge in [0.1, 0.15) is 5.69 Å². The first-order valence-corrected chi connectivity index (χ1v) is 13.4. The number of aliphatic hydroxyl groups excluding tert-OH is 2. The van der Waals surface area contributed by atoms with E-state index in [1.165, 1.54) is 6.07 Å². The fourth-order valence-corrected chi connectivity index (χ4v) is 4.84. The number of carbonyl (C=O) groups is 2. The average molecular weight is 556 g/mol. The number of aliphatic hydroxyl groups is 2. The number of aromatic carboxylic acids is 1. The van der Waals surface area contributed by atoms with Crippen molar-refractivity contribution in [1.82, 2.24) is 4.57 Å². The normalized spacial score (nSPS) is 14.4. The summed E-state index contributed by atoms with van der Waals surface area (Å²) >= 11 is 0. The number of carboxylic acid groups (broad SMARTS) is 1. The average Bonchev–Trinajstić information content (AvgIpc) is 3.41. The van der Waals surface area contributed by atoms with Crippen LogP contribution >= 0.6 is 0 Å². The molecule has 1 unspecified atom stereocenters. The molecule has 0 saturated carbocycles. The molecule has 1 saturated heterocycles. The van der Waals surface area contributed by atoms with Crippen LogP contribution in [-0.2, 0) is 7.05 Å². The molecule has 1 amide bonds. The Bertz CT molecular complexity index is 1510. The molecule has 1 fully saturated rings. The summed E-state index contributed by atoms with van der Waals surface area (Å²) in [6.07, 6.45) is 1.99. The van der Waals surface area contributed by atoms with Gasteiger partial charge in [-0.1, -0.05) is 12.1 Å². The maximum absolute atomic E-state index is 12.4. The molecule has 41 heavy (non-hydrogen) atoms. The lowest BCUT2D eigenvalue weighted by atomic mass is 10.1. The van der Waals surface area contributed by atoms with Crippen molar-refractivity contribution >= 4 is 40.3 Å². The molecule has 1 aliphatic rings. The van der Waals surface area contributed by atoms with Crippen molar-refractivity contribution in [2.24, 2.45) is 7.05 Å². The molecule has 10 nitrogen and oxygen atoms in total. The second-order valence-electron chi connectivity index (χ2n) is 10.1. The predicted molar refractivity (Wildman–Crippen MR) is 159 cm³/mol. The van der Waals surface area contributed by atoms with E-state index >= 15 is 0 Å². The summed E-state index contributed by atoms with van der Waals surface area (Å²) in [5, 5.41) is 39.2. The van der Waals surface area contributed by atoms with Crippen molar-refractivity contribution in [2.45, 2.75) is 25.2 Å². The Morgan fingerprint density at radius 1 is 0.902 bits per heavy atom. The highest BCUT2D eigenvalue weighted by molar-refractivity contribution is 6.03. The van der Waals surface area contributed by atoms with Crippen LogP contribution in [0.5, 0.6) is 0 Å². The molecule has 1 aromatic heterocycles. The van der Waals surface area contributed by atoms with Crippen LogP contribution < -0.4 is 20.9 Å². The van der Waals surface area contributed by atoms with Crippen molar-refractivity contribution in [3.63, 3.8) is 0 Å². The van der Waals surface area contributed by atoms with E-state index in [4.69, 9.17) is 0 Å². The van der Waals surface area contributed by atoms with Gasteiger partial charge >= 0.3 is 5.97 Å². The topological polar surface area (TPSA) is 139 Å². The van der Waals surface area contributed by atoms with E-state index in [1.54, 1.807) is 66.3 Å². The van der Waals surface area contributed by atoms with Gasteiger partial charge in [0.15, 0.2) is 6.23 Å². The molecule has 1 atom stereocenters. The van der Waals surface area contributed by atoms with Crippen LogP contribution in [0.3, 0.4) is 0 Å². The minimum atomic E-state index is -1.12. The number of carbonyl (C=O) groups excluding carboxylic acids is 1.